The zero-order valence-electron chi connectivity index (χ0n) is 18.5. The summed E-state index contributed by atoms with van der Waals surface area (Å²) in [6.07, 6.45) is 3.57. The molecule has 0 heterocycles. The van der Waals surface area contributed by atoms with Gasteiger partial charge in [0.15, 0.2) is 14.9 Å². The van der Waals surface area contributed by atoms with Crippen LogP contribution in [0.5, 0.6) is 0 Å². The molecule has 8 heteroatoms. The molecule has 1 aliphatic carbocycles. The zero-order valence-corrected chi connectivity index (χ0v) is 20.1. The van der Waals surface area contributed by atoms with Gasteiger partial charge in [0.2, 0.25) is 9.84 Å². The highest BCUT2D eigenvalue weighted by atomic mass is 32.2. The monoisotopic (exact) mass is 477 g/mol. The van der Waals surface area contributed by atoms with Crippen LogP contribution < -0.4 is 0 Å². The third-order valence-electron chi connectivity index (χ3n) is 5.82. The van der Waals surface area contributed by atoms with Gasteiger partial charge in [0.1, 0.15) is 5.82 Å². The fraction of sp³-hybridized carbons (Fsp3) is 0.375. The molecule has 172 valence electrons. The Morgan fingerprint density at radius 2 is 1.56 bits per heavy atom. The van der Waals surface area contributed by atoms with Crippen molar-refractivity contribution in [1.82, 2.24) is 0 Å². The number of aliphatic imine (C=N–C) groups is 1. The van der Waals surface area contributed by atoms with E-state index in [4.69, 9.17) is 0 Å². The number of nitrogens with zero attached hydrogens (tertiary/aromatic N) is 1. The van der Waals surface area contributed by atoms with Gasteiger partial charge >= 0.3 is 0 Å². The Kier molecular flexibility index (Phi) is 7.35. The lowest BCUT2D eigenvalue weighted by Gasteiger charge is -2.23. The van der Waals surface area contributed by atoms with Gasteiger partial charge in [-0.15, -0.1) is 0 Å². The molecule has 0 unspecified atom stereocenters. The highest BCUT2D eigenvalue weighted by Gasteiger charge is 2.34. The Labute approximate surface area is 189 Å². The summed E-state index contributed by atoms with van der Waals surface area (Å²) in [4.78, 5) is 3.98. The summed E-state index contributed by atoms with van der Waals surface area (Å²) in [5.74, 6) is -0.490. The van der Waals surface area contributed by atoms with Crippen molar-refractivity contribution in [3.05, 3.63) is 75.4 Å². The maximum atomic E-state index is 13.7. The molecular formula is C24H28FNO4S2. The fourth-order valence-corrected chi connectivity index (χ4v) is 7.61. The molecule has 0 aromatic heterocycles. The normalized spacial score (nSPS) is 17.2. The quantitative estimate of drug-likeness (QED) is 0.525. The molecule has 32 heavy (non-hydrogen) atoms. The number of halogens is 1. The Morgan fingerprint density at radius 1 is 0.938 bits per heavy atom. The van der Waals surface area contributed by atoms with Crippen molar-refractivity contribution >= 4 is 25.4 Å². The lowest BCUT2D eigenvalue weighted by Crippen LogP contribution is -2.26. The molecule has 0 N–H and O–H groups in total. The van der Waals surface area contributed by atoms with Gasteiger partial charge in [-0.1, -0.05) is 49.1 Å². The highest BCUT2D eigenvalue weighted by Crippen LogP contribution is 2.33. The van der Waals surface area contributed by atoms with Crippen molar-refractivity contribution in [3.8, 4) is 0 Å². The van der Waals surface area contributed by atoms with E-state index in [0.29, 0.717) is 18.4 Å². The first-order valence-corrected chi connectivity index (χ1v) is 13.6. The standard InChI is InChI=1S/C24H28FNO4S2/c1-17-12-14-23(15-13-17)32(29,30)24(26-18(2)20-8-7-9-21(25)16-20)19(3)31(27,28)22-10-5-4-6-11-22/h7-9,12-16,22H,4-6,10-11H2,1-3H3/b24-19-,26-18+. The summed E-state index contributed by atoms with van der Waals surface area (Å²) < 4.78 is 67.6. The first-order chi connectivity index (χ1) is 15.0. The van der Waals surface area contributed by atoms with Gasteiger partial charge in [0, 0.05) is 5.71 Å². The average Bonchev–Trinajstić information content (AvgIpc) is 2.77. The first-order valence-electron chi connectivity index (χ1n) is 10.6. The Hall–Kier alpha value is -2.32. The van der Waals surface area contributed by atoms with E-state index in [1.54, 1.807) is 25.1 Å². The molecule has 1 saturated carbocycles. The van der Waals surface area contributed by atoms with Crippen molar-refractivity contribution in [2.24, 2.45) is 4.99 Å². The largest absolute Gasteiger partial charge is 0.240 e. The highest BCUT2D eigenvalue weighted by molar-refractivity contribution is 7.99. The van der Waals surface area contributed by atoms with Crippen molar-refractivity contribution < 1.29 is 21.2 Å². The number of rotatable bonds is 6. The second kappa shape index (κ2) is 9.67. The molecule has 0 bridgehead atoms. The van der Waals surface area contributed by atoms with Crippen LogP contribution >= 0.6 is 0 Å². The predicted octanol–water partition coefficient (Wildman–Crippen LogP) is 5.35. The number of benzene rings is 2. The number of allylic oxidation sites excluding steroid dienone is 1. The summed E-state index contributed by atoms with van der Waals surface area (Å²) in [6.45, 7) is 4.69. The van der Waals surface area contributed by atoms with Gasteiger partial charge in [0.05, 0.1) is 15.1 Å². The number of hydrogen-bond acceptors (Lipinski definition) is 5. The lowest BCUT2D eigenvalue weighted by molar-refractivity contribution is 0.486. The van der Waals surface area contributed by atoms with Crippen molar-refractivity contribution in [2.75, 3.05) is 0 Å². The van der Waals surface area contributed by atoms with E-state index in [1.807, 2.05) is 6.92 Å². The van der Waals surface area contributed by atoms with E-state index in [-0.39, 0.29) is 15.5 Å². The molecule has 5 nitrogen and oxygen atoms in total. The second-order valence-corrected chi connectivity index (χ2v) is 12.4. The molecule has 1 aliphatic rings. The maximum Gasteiger partial charge on any atom is 0.224 e. The molecule has 0 spiro atoms. The van der Waals surface area contributed by atoms with Crippen molar-refractivity contribution in [2.45, 2.75) is 63.0 Å². The third-order valence-corrected chi connectivity index (χ3v) is 10.1. The summed E-state index contributed by atoms with van der Waals surface area (Å²) in [7, 11) is -8.11. The smallest absolute Gasteiger partial charge is 0.224 e. The topological polar surface area (TPSA) is 80.6 Å². The van der Waals surface area contributed by atoms with Gasteiger partial charge in [-0.3, -0.25) is 0 Å². The van der Waals surface area contributed by atoms with Crippen molar-refractivity contribution in [1.29, 1.82) is 0 Å². The summed E-state index contributed by atoms with van der Waals surface area (Å²) >= 11 is 0. The number of aryl methyl sites for hydroxylation is 1. The Morgan fingerprint density at radius 3 is 2.16 bits per heavy atom. The molecule has 0 atom stereocenters. The Balaban J connectivity index is 2.22. The summed E-state index contributed by atoms with van der Waals surface area (Å²) in [6, 6.07) is 11.8. The van der Waals surface area contributed by atoms with Crippen LogP contribution in [0.2, 0.25) is 0 Å². The summed E-state index contributed by atoms with van der Waals surface area (Å²) in [5, 5.41) is -1.13. The van der Waals surface area contributed by atoms with E-state index in [1.165, 1.54) is 37.3 Å². The second-order valence-electron chi connectivity index (χ2n) is 8.19. The SMILES string of the molecule is C/C(=C(\N=C(/C)c1cccc(F)c1)S(=O)(=O)c1ccc(C)cc1)S(=O)(=O)C1CCCCC1. The van der Waals surface area contributed by atoms with Crippen LogP contribution in [0.4, 0.5) is 4.39 Å². The molecular weight excluding hydrogens is 449 g/mol. The van der Waals surface area contributed by atoms with E-state index >= 15 is 0 Å². The van der Waals surface area contributed by atoms with E-state index < -0.39 is 35.8 Å². The fourth-order valence-electron chi connectivity index (χ4n) is 3.83. The average molecular weight is 478 g/mol. The molecule has 0 saturated heterocycles. The minimum absolute atomic E-state index is 0.0351. The third kappa shape index (κ3) is 5.18. The van der Waals surface area contributed by atoms with Crippen LogP contribution in [0.15, 0.2) is 68.4 Å². The van der Waals surface area contributed by atoms with E-state index in [0.717, 1.165) is 24.8 Å². The lowest BCUT2D eigenvalue weighted by atomic mass is 10.0. The molecule has 0 amide bonds. The van der Waals surface area contributed by atoms with Crippen LogP contribution in [-0.4, -0.2) is 27.8 Å². The van der Waals surface area contributed by atoms with Crippen molar-refractivity contribution in [3.63, 3.8) is 0 Å². The van der Waals surface area contributed by atoms with Crippen LogP contribution in [0.1, 0.15) is 57.1 Å². The molecule has 0 radical (unpaired) electrons. The molecule has 3 rings (SSSR count). The molecule has 1 fully saturated rings. The van der Waals surface area contributed by atoms with Gasteiger partial charge in [0.25, 0.3) is 0 Å². The minimum Gasteiger partial charge on any atom is -0.240 e. The van der Waals surface area contributed by atoms with Crippen LogP contribution in [0, 0.1) is 12.7 Å². The zero-order chi connectivity index (χ0) is 23.5. The number of hydrogen-bond donors (Lipinski definition) is 0. The summed E-state index contributed by atoms with van der Waals surface area (Å²) in [5.41, 5.74) is 1.47. The van der Waals surface area contributed by atoms with Crippen LogP contribution in [-0.2, 0) is 19.7 Å². The molecule has 2 aromatic rings. The minimum atomic E-state index is -4.23. The predicted molar refractivity (Wildman–Crippen MR) is 125 cm³/mol. The molecule has 0 aliphatic heterocycles. The maximum absolute atomic E-state index is 13.7. The number of sulfone groups is 2. The Bertz CT molecular complexity index is 1260. The van der Waals surface area contributed by atoms with Gasteiger partial charge in [-0.05, 0) is 63.4 Å². The van der Waals surface area contributed by atoms with E-state index in [2.05, 4.69) is 4.99 Å². The first kappa shape index (κ1) is 24.3. The van der Waals surface area contributed by atoms with Crippen LogP contribution in [0.3, 0.4) is 0 Å². The van der Waals surface area contributed by atoms with Gasteiger partial charge < -0.3 is 0 Å². The molecule has 2 aromatic carbocycles. The van der Waals surface area contributed by atoms with Gasteiger partial charge in [-0.25, -0.2) is 26.2 Å². The van der Waals surface area contributed by atoms with Crippen LogP contribution in [0.25, 0.3) is 0 Å². The van der Waals surface area contributed by atoms with Gasteiger partial charge in [-0.2, -0.15) is 0 Å². The van der Waals surface area contributed by atoms with E-state index in [9.17, 15) is 21.2 Å².